The van der Waals surface area contributed by atoms with Crippen LogP contribution in [0.15, 0.2) is 42.5 Å². The van der Waals surface area contributed by atoms with Gasteiger partial charge in [-0.15, -0.1) is 0 Å². The van der Waals surface area contributed by atoms with Gasteiger partial charge in [0, 0.05) is 19.3 Å². The maximum Gasteiger partial charge on any atom is 0.506 e. The lowest BCUT2D eigenvalue weighted by molar-refractivity contribution is 0.0476. The summed E-state index contributed by atoms with van der Waals surface area (Å²) in [6, 6.07) is 15.4. The van der Waals surface area contributed by atoms with E-state index in [1.807, 2.05) is 6.92 Å². The second kappa shape index (κ2) is 10.3. The van der Waals surface area contributed by atoms with Gasteiger partial charge in [0.1, 0.15) is 5.56 Å². The molecule has 0 aromatic heterocycles. The molecular weight excluding hydrogens is 352 g/mol. The fourth-order valence-corrected chi connectivity index (χ4v) is 6.00. The SMILES string of the molecule is CCCO[Si](Cc1cccc2ccccc12)(OCCC)OC(Cl)CC. The zero-order valence-corrected chi connectivity index (χ0v) is 17.2. The van der Waals surface area contributed by atoms with Crippen molar-refractivity contribution < 1.29 is 13.3 Å². The van der Waals surface area contributed by atoms with Gasteiger partial charge in [0.05, 0.1) is 0 Å². The molecule has 2 aromatic rings. The van der Waals surface area contributed by atoms with Crippen molar-refractivity contribution in [3.05, 3.63) is 48.0 Å². The number of rotatable bonds is 11. The van der Waals surface area contributed by atoms with Gasteiger partial charge >= 0.3 is 8.80 Å². The first kappa shape index (κ1) is 20.4. The molecule has 2 aromatic carbocycles. The summed E-state index contributed by atoms with van der Waals surface area (Å²) in [5, 5.41) is 2.43. The van der Waals surface area contributed by atoms with Gasteiger partial charge in [0.2, 0.25) is 0 Å². The Bertz CT molecular complexity index is 636. The van der Waals surface area contributed by atoms with E-state index in [4.69, 9.17) is 24.9 Å². The number of benzene rings is 2. The van der Waals surface area contributed by atoms with E-state index >= 15 is 0 Å². The highest BCUT2D eigenvalue weighted by Gasteiger charge is 2.43. The second-order valence-electron chi connectivity index (χ2n) is 6.13. The smallest absolute Gasteiger partial charge is 0.373 e. The standard InChI is InChI=1S/C20H29ClO3Si/c1-4-14-22-25(23-15-5-2,24-20(21)6-3)16-18-12-9-11-17-10-7-8-13-19(17)18/h7-13,20H,4-6,14-16H2,1-3H3. The largest absolute Gasteiger partial charge is 0.506 e. The monoisotopic (exact) mass is 380 g/mol. The van der Waals surface area contributed by atoms with Crippen molar-refractivity contribution in [1.82, 2.24) is 0 Å². The maximum absolute atomic E-state index is 6.34. The summed E-state index contributed by atoms with van der Waals surface area (Å²) < 4.78 is 18.6. The summed E-state index contributed by atoms with van der Waals surface area (Å²) in [7, 11) is -2.91. The maximum atomic E-state index is 6.34. The first-order valence-electron chi connectivity index (χ1n) is 9.20. The van der Waals surface area contributed by atoms with E-state index in [2.05, 4.69) is 56.3 Å². The highest BCUT2D eigenvalue weighted by Crippen LogP contribution is 2.26. The third kappa shape index (κ3) is 5.80. The summed E-state index contributed by atoms with van der Waals surface area (Å²) in [4.78, 5) is 0. The Morgan fingerprint density at radius 3 is 2.20 bits per heavy atom. The Labute approximate surface area is 157 Å². The lowest BCUT2D eigenvalue weighted by Gasteiger charge is -2.31. The predicted octanol–water partition coefficient (Wildman–Crippen LogP) is 5.71. The zero-order chi connectivity index (χ0) is 18.1. The third-order valence-corrected chi connectivity index (χ3v) is 7.26. The van der Waals surface area contributed by atoms with E-state index in [1.165, 1.54) is 16.3 Å². The van der Waals surface area contributed by atoms with Crippen LogP contribution < -0.4 is 0 Å². The van der Waals surface area contributed by atoms with Crippen LogP contribution in [0.25, 0.3) is 10.8 Å². The number of fused-ring (bicyclic) bond motifs is 1. The van der Waals surface area contributed by atoms with Gasteiger partial charge in [0.15, 0.2) is 0 Å². The van der Waals surface area contributed by atoms with Crippen molar-refractivity contribution >= 4 is 31.2 Å². The van der Waals surface area contributed by atoms with Gasteiger partial charge in [-0.1, -0.05) is 74.8 Å². The molecule has 5 heteroatoms. The van der Waals surface area contributed by atoms with Crippen molar-refractivity contribution in [2.75, 3.05) is 13.2 Å². The van der Waals surface area contributed by atoms with Gasteiger partial charge in [-0.3, -0.25) is 0 Å². The van der Waals surface area contributed by atoms with Crippen molar-refractivity contribution in [1.29, 1.82) is 0 Å². The molecule has 0 saturated heterocycles. The van der Waals surface area contributed by atoms with Crippen LogP contribution >= 0.6 is 11.6 Å². The van der Waals surface area contributed by atoms with Crippen molar-refractivity contribution in [2.24, 2.45) is 0 Å². The van der Waals surface area contributed by atoms with Crippen LogP contribution in [0.3, 0.4) is 0 Å². The van der Waals surface area contributed by atoms with E-state index in [-0.39, 0.29) is 0 Å². The van der Waals surface area contributed by atoms with Gasteiger partial charge < -0.3 is 13.3 Å². The van der Waals surface area contributed by atoms with Crippen LogP contribution in [0.4, 0.5) is 0 Å². The molecule has 0 saturated carbocycles. The summed E-state index contributed by atoms with van der Waals surface area (Å²) in [5.41, 5.74) is 0.798. The summed E-state index contributed by atoms with van der Waals surface area (Å²) in [6.07, 6.45) is 2.56. The second-order valence-corrected chi connectivity index (χ2v) is 9.15. The molecule has 0 bridgehead atoms. The van der Waals surface area contributed by atoms with E-state index < -0.39 is 14.4 Å². The summed E-state index contributed by atoms with van der Waals surface area (Å²) >= 11 is 6.34. The highest BCUT2D eigenvalue weighted by atomic mass is 35.5. The van der Waals surface area contributed by atoms with Crippen molar-refractivity contribution in [2.45, 2.75) is 51.6 Å². The van der Waals surface area contributed by atoms with E-state index in [0.717, 1.165) is 19.3 Å². The molecule has 0 aliphatic rings. The van der Waals surface area contributed by atoms with Crippen LogP contribution in [0.5, 0.6) is 0 Å². The Morgan fingerprint density at radius 2 is 1.56 bits per heavy atom. The molecule has 138 valence electrons. The van der Waals surface area contributed by atoms with Crippen molar-refractivity contribution in [3.63, 3.8) is 0 Å². The lowest BCUT2D eigenvalue weighted by atomic mass is 10.1. The molecular formula is C20H29ClO3Si. The van der Waals surface area contributed by atoms with Gasteiger partial charge in [0.25, 0.3) is 0 Å². The Balaban J connectivity index is 2.37. The van der Waals surface area contributed by atoms with Crippen LogP contribution in [0.2, 0.25) is 0 Å². The van der Waals surface area contributed by atoms with Crippen LogP contribution in [0.1, 0.15) is 45.6 Å². The number of alkyl halides is 1. The molecule has 2 rings (SSSR count). The molecule has 0 aliphatic heterocycles. The lowest BCUT2D eigenvalue weighted by Crippen LogP contribution is -2.50. The third-order valence-electron chi connectivity index (χ3n) is 3.97. The Kier molecular flexibility index (Phi) is 8.39. The van der Waals surface area contributed by atoms with E-state index in [9.17, 15) is 0 Å². The molecule has 0 radical (unpaired) electrons. The minimum absolute atomic E-state index is 0.393. The molecule has 1 unspecified atom stereocenters. The first-order chi connectivity index (χ1) is 12.1. The minimum atomic E-state index is -2.91. The summed E-state index contributed by atoms with van der Waals surface area (Å²) in [6.45, 7) is 7.43. The molecule has 25 heavy (non-hydrogen) atoms. The quantitative estimate of drug-likeness (QED) is 0.369. The fraction of sp³-hybridized carbons (Fsp3) is 0.500. The predicted molar refractivity (Wildman–Crippen MR) is 107 cm³/mol. The van der Waals surface area contributed by atoms with E-state index in [1.54, 1.807) is 0 Å². The van der Waals surface area contributed by atoms with Crippen LogP contribution in [-0.2, 0) is 19.3 Å². The molecule has 3 nitrogen and oxygen atoms in total. The number of hydrogen-bond donors (Lipinski definition) is 0. The molecule has 1 atom stereocenters. The Morgan fingerprint density at radius 1 is 0.920 bits per heavy atom. The molecule has 0 heterocycles. The minimum Gasteiger partial charge on any atom is -0.373 e. The van der Waals surface area contributed by atoms with Gasteiger partial charge in [-0.2, -0.15) is 0 Å². The van der Waals surface area contributed by atoms with Crippen LogP contribution in [0, 0.1) is 0 Å². The normalized spacial score (nSPS) is 13.3. The first-order valence-corrected chi connectivity index (χ1v) is 11.6. The Hall–Kier alpha value is -0.913. The molecule has 0 spiro atoms. The molecule has 0 amide bonds. The van der Waals surface area contributed by atoms with E-state index in [0.29, 0.717) is 19.3 Å². The van der Waals surface area contributed by atoms with Gasteiger partial charge in [-0.25, -0.2) is 0 Å². The van der Waals surface area contributed by atoms with Gasteiger partial charge in [-0.05, 0) is 35.6 Å². The number of halogens is 1. The van der Waals surface area contributed by atoms with Crippen molar-refractivity contribution in [3.8, 4) is 0 Å². The average molecular weight is 381 g/mol. The molecule has 0 N–H and O–H groups in total. The zero-order valence-electron chi connectivity index (χ0n) is 15.5. The van der Waals surface area contributed by atoms with Crippen LogP contribution in [-0.4, -0.2) is 27.6 Å². The fourth-order valence-electron chi connectivity index (χ4n) is 2.73. The average Bonchev–Trinajstić information content (AvgIpc) is 2.65. The summed E-state index contributed by atoms with van der Waals surface area (Å²) in [5.74, 6) is 0. The highest BCUT2D eigenvalue weighted by molar-refractivity contribution is 6.60. The molecule has 0 fully saturated rings. The molecule has 0 aliphatic carbocycles. The topological polar surface area (TPSA) is 27.7 Å². The number of hydrogen-bond acceptors (Lipinski definition) is 3.